The zero-order valence-electron chi connectivity index (χ0n) is 24.5. The second kappa shape index (κ2) is 13.7. The summed E-state index contributed by atoms with van der Waals surface area (Å²) < 4.78 is 27.4. The van der Waals surface area contributed by atoms with Gasteiger partial charge in [-0.25, -0.2) is 4.39 Å². The Balaban J connectivity index is 1.30. The molecule has 1 amide bonds. The average molecular weight is 630 g/mol. The fraction of sp³-hybridized carbons (Fsp3) is 0.286. The van der Waals surface area contributed by atoms with E-state index in [1.807, 2.05) is 24.3 Å². The lowest BCUT2D eigenvalue weighted by Crippen LogP contribution is -2.36. The molecule has 3 N–H and O–H groups in total. The molecule has 2 atom stereocenters. The number of pyridine rings is 1. The standard InChI is InChI=1S/C35H33ClFN3O5/c36-28-15-22-19-40-30(35(42)43)10-3-4-13-39-34(41)23-14-21(17-38-18-23)20-44-32(22)16-33(28)45-31-12-11-25-24(7-5-8-27(25)31)26-6-1-2-9-29(26)37/h1-2,5-9,14-18,30-31,40H,3-4,10-13,19-20H2,(H,39,41)(H,42,43)/t30-,31-/m0/s1. The van der Waals surface area contributed by atoms with Crippen molar-refractivity contribution in [3.05, 3.63) is 112 Å². The van der Waals surface area contributed by atoms with Crippen molar-refractivity contribution in [1.82, 2.24) is 15.6 Å². The topological polar surface area (TPSA) is 110 Å². The monoisotopic (exact) mass is 629 g/mol. The van der Waals surface area contributed by atoms with Crippen LogP contribution in [-0.2, 0) is 24.4 Å². The summed E-state index contributed by atoms with van der Waals surface area (Å²) in [6.45, 7) is 0.755. The number of aromatic nitrogens is 1. The first kappa shape index (κ1) is 30.6. The molecule has 1 aromatic heterocycles. The molecule has 1 aliphatic heterocycles. The van der Waals surface area contributed by atoms with Gasteiger partial charge in [-0.2, -0.15) is 0 Å². The van der Waals surface area contributed by atoms with E-state index in [0.717, 1.165) is 23.1 Å². The van der Waals surface area contributed by atoms with E-state index in [0.29, 0.717) is 71.0 Å². The summed E-state index contributed by atoms with van der Waals surface area (Å²) in [4.78, 5) is 28.8. The summed E-state index contributed by atoms with van der Waals surface area (Å²) in [5.41, 5.74) is 5.22. The lowest BCUT2D eigenvalue weighted by molar-refractivity contribution is -0.139. The summed E-state index contributed by atoms with van der Waals surface area (Å²) in [7, 11) is 0. The molecular formula is C35H33ClFN3O5. The lowest BCUT2D eigenvalue weighted by Gasteiger charge is -2.21. The molecule has 1 aliphatic carbocycles. The van der Waals surface area contributed by atoms with E-state index < -0.39 is 12.0 Å². The fourth-order valence-corrected chi connectivity index (χ4v) is 6.17. The molecule has 45 heavy (non-hydrogen) atoms. The summed E-state index contributed by atoms with van der Waals surface area (Å²) in [5.74, 6) is -0.592. The predicted octanol–water partition coefficient (Wildman–Crippen LogP) is 6.64. The normalized spacial score (nSPS) is 18.7. The van der Waals surface area contributed by atoms with Gasteiger partial charge in [-0.05, 0) is 67.0 Å². The number of rotatable bonds is 4. The number of carboxylic acid groups (broad SMARTS) is 1. The van der Waals surface area contributed by atoms with Crippen LogP contribution < -0.4 is 20.1 Å². The molecule has 0 fully saturated rings. The number of ether oxygens (including phenoxy) is 2. The quantitative estimate of drug-likeness (QED) is 0.232. The Labute approximate surface area is 265 Å². The Hall–Kier alpha value is -4.47. The number of nitrogens with zero attached hydrogens (tertiary/aromatic N) is 1. The number of carboxylic acids is 1. The van der Waals surface area contributed by atoms with Crippen LogP contribution in [0.15, 0.2) is 73.1 Å². The van der Waals surface area contributed by atoms with E-state index >= 15 is 0 Å². The van der Waals surface area contributed by atoms with E-state index in [9.17, 15) is 19.1 Å². The van der Waals surface area contributed by atoms with Crippen molar-refractivity contribution in [3.8, 4) is 22.6 Å². The van der Waals surface area contributed by atoms with E-state index in [1.165, 1.54) is 12.3 Å². The van der Waals surface area contributed by atoms with E-state index in [-0.39, 0.29) is 31.0 Å². The van der Waals surface area contributed by atoms with Crippen molar-refractivity contribution in [1.29, 1.82) is 0 Å². The third kappa shape index (κ3) is 6.95. The van der Waals surface area contributed by atoms with Crippen LogP contribution in [0.25, 0.3) is 11.1 Å². The largest absolute Gasteiger partial charge is 0.488 e. The van der Waals surface area contributed by atoms with Gasteiger partial charge in [-0.1, -0.05) is 48.0 Å². The third-order valence-electron chi connectivity index (χ3n) is 8.26. The Morgan fingerprint density at radius 1 is 1.04 bits per heavy atom. The zero-order chi connectivity index (χ0) is 31.3. The van der Waals surface area contributed by atoms with Gasteiger partial charge >= 0.3 is 5.97 Å². The molecule has 0 saturated heterocycles. The number of hydrogen-bond donors (Lipinski definition) is 3. The van der Waals surface area contributed by atoms with Crippen molar-refractivity contribution in [2.45, 2.75) is 57.4 Å². The van der Waals surface area contributed by atoms with Gasteiger partial charge in [0.25, 0.3) is 5.91 Å². The number of amides is 1. The van der Waals surface area contributed by atoms with Gasteiger partial charge in [0.2, 0.25) is 0 Å². The van der Waals surface area contributed by atoms with Gasteiger partial charge in [0.1, 0.15) is 36.1 Å². The van der Waals surface area contributed by atoms with Crippen LogP contribution in [0.4, 0.5) is 4.39 Å². The highest BCUT2D eigenvalue weighted by molar-refractivity contribution is 6.32. The number of carbonyl (C=O) groups is 2. The fourth-order valence-electron chi connectivity index (χ4n) is 5.94. The molecule has 2 bridgehead atoms. The molecule has 0 saturated carbocycles. The molecule has 6 rings (SSSR count). The molecule has 0 radical (unpaired) electrons. The molecule has 8 nitrogen and oxygen atoms in total. The Morgan fingerprint density at radius 2 is 1.89 bits per heavy atom. The molecular weight excluding hydrogens is 597 g/mol. The minimum absolute atomic E-state index is 0.114. The van der Waals surface area contributed by atoms with Crippen LogP contribution in [0.2, 0.25) is 5.02 Å². The average Bonchev–Trinajstić information content (AvgIpc) is 3.45. The Kier molecular flexibility index (Phi) is 9.28. The Morgan fingerprint density at radius 3 is 2.73 bits per heavy atom. The summed E-state index contributed by atoms with van der Waals surface area (Å²) in [6.07, 6.45) is 5.89. The van der Waals surface area contributed by atoms with Crippen LogP contribution in [0.3, 0.4) is 0 Å². The van der Waals surface area contributed by atoms with Gasteiger partial charge in [0, 0.05) is 48.2 Å². The van der Waals surface area contributed by atoms with Gasteiger partial charge in [0.05, 0.1) is 10.6 Å². The molecule has 10 heteroatoms. The Bertz CT molecular complexity index is 1730. The minimum Gasteiger partial charge on any atom is -0.488 e. The summed E-state index contributed by atoms with van der Waals surface area (Å²) in [6, 6.07) is 17.0. The van der Waals surface area contributed by atoms with Gasteiger partial charge in [-0.15, -0.1) is 0 Å². The highest BCUT2D eigenvalue weighted by Crippen LogP contribution is 2.43. The van der Waals surface area contributed by atoms with Gasteiger partial charge in [0.15, 0.2) is 0 Å². The highest BCUT2D eigenvalue weighted by Gasteiger charge is 2.28. The van der Waals surface area contributed by atoms with Crippen molar-refractivity contribution >= 4 is 23.5 Å². The summed E-state index contributed by atoms with van der Waals surface area (Å²) >= 11 is 6.77. The predicted molar refractivity (Wildman–Crippen MR) is 168 cm³/mol. The van der Waals surface area contributed by atoms with Crippen molar-refractivity contribution in [2.75, 3.05) is 6.54 Å². The maximum Gasteiger partial charge on any atom is 0.320 e. The number of hydrogen-bond acceptors (Lipinski definition) is 6. The molecule has 2 aliphatic rings. The molecule has 4 aromatic rings. The molecule has 232 valence electrons. The zero-order valence-corrected chi connectivity index (χ0v) is 25.3. The number of aliphatic carboxylic acids is 1. The number of carbonyl (C=O) groups excluding carboxylic acids is 1. The van der Waals surface area contributed by atoms with E-state index in [2.05, 4.69) is 15.6 Å². The number of benzene rings is 3. The van der Waals surface area contributed by atoms with Gasteiger partial charge < -0.3 is 25.2 Å². The molecule has 0 unspecified atom stereocenters. The van der Waals surface area contributed by atoms with Crippen molar-refractivity contribution in [3.63, 3.8) is 0 Å². The SMILES string of the molecule is O=C1NCCCC[C@@H](C(=O)O)NCc2cc(Cl)c(O[C@H]3CCc4c(-c5ccccc5F)cccc43)cc2OCc2cncc1c2. The second-order valence-corrected chi connectivity index (χ2v) is 11.7. The first-order valence-corrected chi connectivity index (χ1v) is 15.4. The molecule has 2 heterocycles. The summed E-state index contributed by atoms with van der Waals surface area (Å²) in [5, 5.41) is 16.2. The maximum absolute atomic E-state index is 14.7. The van der Waals surface area contributed by atoms with E-state index in [1.54, 1.807) is 36.5 Å². The minimum atomic E-state index is -0.954. The lowest BCUT2D eigenvalue weighted by atomic mass is 9.96. The number of halogens is 2. The number of nitrogens with one attached hydrogen (secondary N) is 2. The molecule has 3 aromatic carbocycles. The first-order valence-electron chi connectivity index (χ1n) is 15.0. The highest BCUT2D eigenvalue weighted by atomic mass is 35.5. The van der Waals surface area contributed by atoms with Gasteiger partial charge in [-0.3, -0.25) is 14.6 Å². The second-order valence-electron chi connectivity index (χ2n) is 11.3. The van der Waals surface area contributed by atoms with Crippen LogP contribution in [-0.4, -0.2) is 34.6 Å². The smallest absolute Gasteiger partial charge is 0.320 e. The first-order chi connectivity index (χ1) is 21.9. The van der Waals surface area contributed by atoms with Crippen LogP contribution in [0.1, 0.15) is 64.4 Å². The van der Waals surface area contributed by atoms with Crippen LogP contribution in [0.5, 0.6) is 11.5 Å². The third-order valence-corrected chi connectivity index (χ3v) is 8.55. The van der Waals surface area contributed by atoms with Crippen LogP contribution >= 0.6 is 11.6 Å². The van der Waals surface area contributed by atoms with Crippen molar-refractivity contribution < 1.29 is 28.6 Å². The maximum atomic E-state index is 14.7. The molecule has 0 spiro atoms. The van der Waals surface area contributed by atoms with Crippen LogP contribution in [0, 0.1) is 5.82 Å². The van der Waals surface area contributed by atoms with E-state index in [4.69, 9.17) is 21.1 Å². The van der Waals surface area contributed by atoms with Crippen molar-refractivity contribution in [2.24, 2.45) is 0 Å². The number of fused-ring (bicyclic) bond motifs is 4.